The Morgan fingerprint density at radius 1 is 1.31 bits per heavy atom. The molecule has 0 amide bonds. The lowest BCUT2D eigenvalue weighted by molar-refractivity contribution is 0.233. The summed E-state index contributed by atoms with van der Waals surface area (Å²) in [6.45, 7) is 0.616. The molecule has 1 aromatic heterocycles. The lowest BCUT2D eigenvalue weighted by Crippen LogP contribution is -2.00. The maximum Gasteiger partial charge on any atom is 0.134 e. The van der Waals surface area contributed by atoms with Gasteiger partial charge in [0, 0.05) is 24.5 Å². The van der Waals surface area contributed by atoms with Gasteiger partial charge in [0.25, 0.3) is 0 Å². The molecule has 0 atom stereocenters. The first-order chi connectivity index (χ1) is 7.81. The highest BCUT2D eigenvalue weighted by Crippen LogP contribution is 2.21. The Kier molecular flexibility index (Phi) is 3.16. The summed E-state index contributed by atoms with van der Waals surface area (Å²) in [4.78, 5) is 8.02. The van der Waals surface area contributed by atoms with Crippen LogP contribution in [-0.4, -0.2) is 28.3 Å². The predicted molar refractivity (Wildman–Crippen MR) is 61.1 cm³/mol. The molecule has 0 aliphatic heterocycles. The topological polar surface area (TPSA) is 81.3 Å². The molecule has 0 spiro atoms. The highest BCUT2D eigenvalue weighted by atomic mass is 16.5. The van der Waals surface area contributed by atoms with Crippen molar-refractivity contribution in [2.24, 2.45) is 0 Å². The van der Waals surface area contributed by atoms with Crippen molar-refractivity contribution < 1.29 is 9.84 Å². The summed E-state index contributed by atoms with van der Waals surface area (Å²) in [6.07, 6.45) is 2.04. The van der Waals surface area contributed by atoms with E-state index in [0.29, 0.717) is 18.8 Å². The van der Waals surface area contributed by atoms with Gasteiger partial charge in [-0.15, -0.1) is 0 Å². The minimum atomic E-state index is 0.128. The summed E-state index contributed by atoms with van der Waals surface area (Å²) in [7, 11) is 0. The Morgan fingerprint density at radius 3 is 3.00 bits per heavy atom. The number of fused-ring (bicyclic) bond motifs is 1. The molecule has 1 aromatic carbocycles. The molecule has 0 aliphatic carbocycles. The predicted octanol–water partition coefficient (Wildman–Crippen LogP) is 0.973. The van der Waals surface area contributed by atoms with Gasteiger partial charge in [-0.2, -0.15) is 0 Å². The average Bonchev–Trinajstić information content (AvgIpc) is 2.30. The van der Waals surface area contributed by atoms with E-state index in [-0.39, 0.29) is 6.61 Å². The van der Waals surface area contributed by atoms with Crippen molar-refractivity contribution in [2.75, 3.05) is 18.9 Å². The van der Waals surface area contributed by atoms with Crippen LogP contribution in [0.3, 0.4) is 0 Å². The van der Waals surface area contributed by atoms with Crippen LogP contribution in [0.5, 0.6) is 5.75 Å². The standard InChI is InChI=1S/C11H13N3O2/c12-11-9-3-2-8(16-5-1-4-15)6-10(9)13-7-14-11/h2-3,6-7,15H,1,4-5H2,(H2,12,13,14). The first-order valence-electron chi connectivity index (χ1n) is 5.05. The molecule has 0 unspecified atom stereocenters. The SMILES string of the molecule is Nc1ncnc2cc(OCCCO)ccc12. The third-order valence-corrected chi connectivity index (χ3v) is 2.21. The molecular weight excluding hydrogens is 206 g/mol. The van der Waals surface area contributed by atoms with E-state index >= 15 is 0 Å². The number of hydrogen-bond acceptors (Lipinski definition) is 5. The number of ether oxygens (including phenoxy) is 1. The lowest BCUT2D eigenvalue weighted by atomic mass is 10.2. The van der Waals surface area contributed by atoms with Gasteiger partial charge < -0.3 is 15.6 Å². The Balaban J connectivity index is 2.23. The molecule has 2 aromatic rings. The number of nitrogens with two attached hydrogens (primary N) is 1. The monoisotopic (exact) mass is 219 g/mol. The van der Waals surface area contributed by atoms with Gasteiger partial charge in [-0.1, -0.05) is 0 Å². The molecule has 0 radical (unpaired) electrons. The first kappa shape index (κ1) is 10.6. The number of rotatable bonds is 4. The van der Waals surface area contributed by atoms with E-state index in [1.54, 1.807) is 0 Å². The van der Waals surface area contributed by atoms with E-state index in [4.69, 9.17) is 15.6 Å². The third kappa shape index (κ3) is 2.20. The molecular formula is C11H13N3O2. The van der Waals surface area contributed by atoms with Gasteiger partial charge in [-0.05, 0) is 12.1 Å². The van der Waals surface area contributed by atoms with Crippen molar-refractivity contribution in [3.63, 3.8) is 0 Å². The molecule has 84 valence electrons. The Bertz CT molecular complexity index is 488. The fourth-order valence-electron chi connectivity index (χ4n) is 1.40. The molecule has 5 heteroatoms. The van der Waals surface area contributed by atoms with E-state index < -0.39 is 0 Å². The second kappa shape index (κ2) is 4.76. The Morgan fingerprint density at radius 2 is 2.19 bits per heavy atom. The number of aliphatic hydroxyl groups excluding tert-OH is 1. The number of hydrogen-bond donors (Lipinski definition) is 2. The second-order valence-corrected chi connectivity index (χ2v) is 3.36. The molecule has 0 saturated carbocycles. The fraction of sp³-hybridized carbons (Fsp3) is 0.273. The number of benzene rings is 1. The van der Waals surface area contributed by atoms with Gasteiger partial charge in [0.15, 0.2) is 0 Å². The molecule has 0 fully saturated rings. The molecule has 3 N–H and O–H groups in total. The summed E-state index contributed by atoms with van der Waals surface area (Å²) < 4.78 is 5.43. The summed E-state index contributed by atoms with van der Waals surface area (Å²) in [5, 5.41) is 9.45. The van der Waals surface area contributed by atoms with E-state index in [1.807, 2.05) is 18.2 Å². The highest BCUT2D eigenvalue weighted by molar-refractivity contribution is 5.88. The number of aliphatic hydroxyl groups is 1. The smallest absolute Gasteiger partial charge is 0.134 e. The molecule has 1 heterocycles. The second-order valence-electron chi connectivity index (χ2n) is 3.36. The fourth-order valence-corrected chi connectivity index (χ4v) is 1.40. The Hall–Kier alpha value is -1.88. The van der Waals surface area contributed by atoms with Gasteiger partial charge in [0.05, 0.1) is 12.1 Å². The van der Waals surface area contributed by atoms with Crippen molar-refractivity contribution in [3.05, 3.63) is 24.5 Å². The zero-order chi connectivity index (χ0) is 11.4. The van der Waals surface area contributed by atoms with Gasteiger partial charge >= 0.3 is 0 Å². The minimum Gasteiger partial charge on any atom is -0.493 e. The van der Waals surface area contributed by atoms with E-state index in [0.717, 1.165) is 16.7 Å². The van der Waals surface area contributed by atoms with Crippen LogP contribution in [0.1, 0.15) is 6.42 Å². The van der Waals surface area contributed by atoms with Gasteiger partial charge in [0.1, 0.15) is 17.9 Å². The van der Waals surface area contributed by atoms with Crippen LogP contribution >= 0.6 is 0 Å². The van der Waals surface area contributed by atoms with Crippen LogP contribution in [0, 0.1) is 0 Å². The quantitative estimate of drug-likeness (QED) is 0.749. The number of aromatic nitrogens is 2. The van der Waals surface area contributed by atoms with Crippen molar-refractivity contribution in [2.45, 2.75) is 6.42 Å². The van der Waals surface area contributed by atoms with Crippen molar-refractivity contribution >= 4 is 16.7 Å². The number of anilines is 1. The van der Waals surface area contributed by atoms with Crippen LogP contribution in [-0.2, 0) is 0 Å². The van der Waals surface area contributed by atoms with Gasteiger partial charge in [0.2, 0.25) is 0 Å². The molecule has 0 bridgehead atoms. The summed E-state index contributed by atoms with van der Waals surface area (Å²) in [5.74, 6) is 1.19. The maximum absolute atomic E-state index is 8.64. The summed E-state index contributed by atoms with van der Waals surface area (Å²) >= 11 is 0. The number of nitrogens with zero attached hydrogens (tertiary/aromatic N) is 2. The minimum absolute atomic E-state index is 0.128. The van der Waals surface area contributed by atoms with Gasteiger partial charge in [-0.25, -0.2) is 9.97 Å². The molecule has 2 rings (SSSR count). The van der Waals surface area contributed by atoms with Crippen LogP contribution in [0.25, 0.3) is 10.9 Å². The molecule has 0 aliphatic rings. The maximum atomic E-state index is 8.64. The highest BCUT2D eigenvalue weighted by Gasteiger charge is 2.01. The summed E-state index contributed by atoms with van der Waals surface area (Å²) in [6, 6.07) is 5.46. The van der Waals surface area contributed by atoms with Crippen molar-refractivity contribution in [1.82, 2.24) is 9.97 Å². The van der Waals surface area contributed by atoms with E-state index in [1.165, 1.54) is 6.33 Å². The zero-order valence-corrected chi connectivity index (χ0v) is 8.76. The van der Waals surface area contributed by atoms with E-state index in [2.05, 4.69) is 9.97 Å². The van der Waals surface area contributed by atoms with E-state index in [9.17, 15) is 0 Å². The number of nitrogen functional groups attached to an aromatic ring is 1. The average molecular weight is 219 g/mol. The van der Waals surface area contributed by atoms with Crippen LogP contribution in [0.15, 0.2) is 24.5 Å². The molecule has 5 nitrogen and oxygen atoms in total. The zero-order valence-electron chi connectivity index (χ0n) is 8.76. The van der Waals surface area contributed by atoms with Crippen LogP contribution in [0.2, 0.25) is 0 Å². The summed E-state index contributed by atoms with van der Waals surface area (Å²) in [5.41, 5.74) is 6.46. The van der Waals surface area contributed by atoms with Gasteiger partial charge in [-0.3, -0.25) is 0 Å². The molecule has 0 saturated heterocycles. The molecule has 16 heavy (non-hydrogen) atoms. The van der Waals surface area contributed by atoms with Crippen LogP contribution in [0.4, 0.5) is 5.82 Å². The lowest BCUT2D eigenvalue weighted by Gasteiger charge is -2.06. The van der Waals surface area contributed by atoms with Crippen LogP contribution < -0.4 is 10.5 Å². The normalized spacial score (nSPS) is 10.6. The largest absolute Gasteiger partial charge is 0.493 e. The van der Waals surface area contributed by atoms with Crippen molar-refractivity contribution in [3.8, 4) is 5.75 Å². The first-order valence-corrected chi connectivity index (χ1v) is 5.05. The van der Waals surface area contributed by atoms with Crippen molar-refractivity contribution in [1.29, 1.82) is 0 Å². The third-order valence-electron chi connectivity index (χ3n) is 2.21. The Labute approximate surface area is 92.9 Å².